The molecule has 1 fully saturated rings. The van der Waals surface area contributed by atoms with Crippen LogP contribution in [0.2, 0.25) is 0 Å². The molecular formula is C10H14F2N3O9P. The Hall–Kier alpha value is -1.96. The van der Waals surface area contributed by atoms with E-state index in [1.807, 2.05) is 0 Å². The highest BCUT2D eigenvalue weighted by molar-refractivity contribution is 7.46. The number of rotatable bonds is 4. The second-order valence-electron chi connectivity index (χ2n) is 4.58. The SMILES string of the molecule is Nc1ccn([C@@H]2O[C@H](COP(=O)(O)O)[C@@H](O)C2(F)F)c(=O)n1.O=CO. The van der Waals surface area contributed by atoms with Gasteiger partial charge in [-0.15, -0.1) is 0 Å². The van der Waals surface area contributed by atoms with E-state index < -0.39 is 44.5 Å². The Bertz CT molecular complexity index is 709. The number of nitrogen functional groups attached to an aromatic ring is 1. The molecule has 12 nitrogen and oxygen atoms in total. The van der Waals surface area contributed by atoms with Crippen LogP contribution in [0, 0.1) is 0 Å². The van der Waals surface area contributed by atoms with Crippen LogP contribution in [-0.4, -0.2) is 60.8 Å². The monoisotopic (exact) mass is 389 g/mol. The van der Waals surface area contributed by atoms with E-state index >= 15 is 0 Å². The number of aliphatic hydroxyl groups excluding tert-OH is 1. The number of halogens is 2. The number of nitrogens with zero attached hydrogens (tertiary/aromatic N) is 2. The van der Waals surface area contributed by atoms with Crippen molar-refractivity contribution in [3.63, 3.8) is 0 Å². The van der Waals surface area contributed by atoms with Gasteiger partial charge in [0.2, 0.25) is 6.23 Å². The number of phosphoric ester groups is 1. The van der Waals surface area contributed by atoms with Gasteiger partial charge in [0.1, 0.15) is 11.9 Å². The average Bonchev–Trinajstić information content (AvgIpc) is 2.69. The smallest absolute Gasteiger partial charge is 0.469 e. The molecule has 0 unspecified atom stereocenters. The number of hydrogen-bond donors (Lipinski definition) is 5. The highest BCUT2D eigenvalue weighted by Gasteiger charge is 2.60. The third-order valence-electron chi connectivity index (χ3n) is 2.89. The van der Waals surface area contributed by atoms with Gasteiger partial charge in [0, 0.05) is 6.20 Å². The van der Waals surface area contributed by atoms with Crippen LogP contribution in [0.4, 0.5) is 14.6 Å². The normalized spacial score (nSPS) is 25.1. The molecule has 2 rings (SSSR count). The minimum atomic E-state index is -4.93. The number of nitrogens with two attached hydrogens (primary N) is 1. The maximum Gasteiger partial charge on any atom is 0.469 e. The van der Waals surface area contributed by atoms with Gasteiger partial charge in [0.25, 0.3) is 6.47 Å². The first-order chi connectivity index (χ1) is 11.4. The zero-order valence-corrected chi connectivity index (χ0v) is 13.1. The lowest BCUT2D eigenvalue weighted by Crippen LogP contribution is -2.41. The summed E-state index contributed by atoms with van der Waals surface area (Å²) >= 11 is 0. The van der Waals surface area contributed by atoms with Crippen molar-refractivity contribution < 1.29 is 47.4 Å². The number of aliphatic hydroxyl groups is 1. The van der Waals surface area contributed by atoms with Crippen molar-refractivity contribution >= 4 is 20.1 Å². The molecule has 1 aromatic heterocycles. The van der Waals surface area contributed by atoms with Crippen molar-refractivity contribution in [2.24, 2.45) is 0 Å². The van der Waals surface area contributed by atoms with E-state index in [9.17, 15) is 23.2 Å². The van der Waals surface area contributed by atoms with Gasteiger partial charge >= 0.3 is 19.4 Å². The van der Waals surface area contributed by atoms with Gasteiger partial charge < -0.3 is 30.5 Å². The molecule has 15 heteroatoms. The summed E-state index contributed by atoms with van der Waals surface area (Å²) in [7, 11) is -4.93. The highest BCUT2D eigenvalue weighted by Crippen LogP contribution is 2.44. The summed E-state index contributed by atoms with van der Waals surface area (Å²) in [4.78, 5) is 40.3. The topological polar surface area (TPSA) is 194 Å². The van der Waals surface area contributed by atoms with Crippen LogP contribution in [0.25, 0.3) is 0 Å². The predicted octanol–water partition coefficient (Wildman–Crippen LogP) is -1.47. The molecule has 1 aromatic rings. The Kier molecular flexibility index (Phi) is 6.70. The minimum absolute atomic E-state index is 0.190. The first-order valence-corrected chi connectivity index (χ1v) is 7.81. The van der Waals surface area contributed by atoms with Crippen molar-refractivity contribution in [2.75, 3.05) is 12.3 Å². The van der Waals surface area contributed by atoms with Gasteiger partial charge in [0.05, 0.1) is 6.61 Å². The van der Waals surface area contributed by atoms with E-state index in [1.165, 1.54) is 0 Å². The Balaban J connectivity index is 0.000000970. The van der Waals surface area contributed by atoms with Gasteiger partial charge in [-0.25, -0.2) is 9.36 Å². The Morgan fingerprint density at radius 2 is 2.08 bits per heavy atom. The predicted molar refractivity (Wildman–Crippen MR) is 74.5 cm³/mol. The summed E-state index contributed by atoms with van der Waals surface area (Å²) < 4.78 is 47.8. The van der Waals surface area contributed by atoms with Crippen molar-refractivity contribution in [3.8, 4) is 0 Å². The van der Waals surface area contributed by atoms with Gasteiger partial charge in [-0.05, 0) is 6.07 Å². The summed E-state index contributed by atoms with van der Waals surface area (Å²) in [6.07, 6.45) is -5.50. The lowest BCUT2D eigenvalue weighted by atomic mass is 10.1. The Morgan fingerprint density at radius 1 is 1.52 bits per heavy atom. The second-order valence-corrected chi connectivity index (χ2v) is 5.82. The summed E-state index contributed by atoms with van der Waals surface area (Å²) in [6, 6.07) is 1.08. The van der Waals surface area contributed by atoms with Crippen LogP contribution < -0.4 is 11.4 Å². The molecule has 0 aromatic carbocycles. The van der Waals surface area contributed by atoms with Crippen molar-refractivity contribution in [1.29, 1.82) is 0 Å². The van der Waals surface area contributed by atoms with Crippen LogP contribution in [0.3, 0.4) is 0 Å². The van der Waals surface area contributed by atoms with Crippen molar-refractivity contribution in [1.82, 2.24) is 9.55 Å². The number of anilines is 1. The van der Waals surface area contributed by atoms with Crippen LogP contribution in [-0.2, 0) is 18.6 Å². The number of ether oxygens (including phenoxy) is 1. The Labute approximate surface area is 137 Å². The molecule has 142 valence electrons. The molecule has 2 heterocycles. The highest BCUT2D eigenvalue weighted by atomic mass is 31.2. The maximum absolute atomic E-state index is 14.0. The van der Waals surface area contributed by atoms with E-state index in [2.05, 4.69) is 9.51 Å². The molecule has 1 aliphatic heterocycles. The number of alkyl halides is 2. The fraction of sp³-hybridized carbons (Fsp3) is 0.500. The van der Waals surface area contributed by atoms with Gasteiger partial charge in [-0.3, -0.25) is 13.9 Å². The van der Waals surface area contributed by atoms with Crippen LogP contribution in [0.5, 0.6) is 0 Å². The van der Waals surface area contributed by atoms with Gasteiger partial charge in [-0.2, -0.15) is 13.8 Å². The molecule has 0 radical (unpaired) electrons. The summed E-state index contributed by atoms with van der Waals surface area (Å²) in [5.74, 6) is -4.10. The molecule has 0 spiro atoms. The van der Waals surface area contributed by atoms with E-state index in [1.54, 1.807) is 0 Å². The summed E-state index contributed by atoms with van der Waals surface area (Å²) in [5, 5.41) is 16.4. The number of hydrogen-bond acceptors (Lipinski definition) is 8. The minimum Gasteiger partial charge on any atom is -0.483 e. The number of carbonyl (C=O) groups is 1. The zero-order chi connectivity index (χ0) is 19.4. The second kappa shape index (κ2) is 7.95. The summed E-state index contributed by atoms with van der Waals surface area (Å²) in [6.45, 7) is -1.24. The third-order valence-corrected chi connectivity index (χ3v) is 3.38. The fourth-order valence-corrected chi connectivity index (χ4v) is 2.22. The molecule has 0 bridgehead atoms. The van der Waals surface area contributed by atoms with E-state index in [0.717, 1.165) is 12.3 Å². The standard InChI is InChI=1S/C9H12F2N3O7P.CH2O2/c10-9(11)6(15)4(3-20-22(17,18)19)21-7(9)14-2-1-5(12)13-8(14)16;2-1-3/h1-2,4,6-7,15H,3H2,(H2,12,13,16)(H2,17,18,19);1H,(H,2,3)/t4-,6-,7-;/m1./s1. The Morgan fingerprint density at radius 3 is 2.56 bits per heavy atom. The van der Waals surface area contributed by atoms with E-state index in [0.29, 0.717) is 4.57 Å². The van der Waals surface area contributed by atoms with E-state index in [4.69, 9.17) is 30.2 Å². The maximum atomic E-state index is 14.0. The molecule has 1 saturated heterocycles. The van der Waals surface area contributed by atoms with Crippen LogP contribution in [0.15, 0.2) is 17.1 Å². The van der Waals surface area contributed by atoms with Crippen LogP contribution >= 0.6 is 7.82 Å². The molecule has 25 heavy (non-hydrogen) atoms. The molecule has 3 atom stereocenters. The van der Waals surface area contributed by atoms with Gasteiger partial charge in [-0.1, -0.05) is 0 Å². The van der Waals surface area contributed by atoms with Crippen molar-refractivity contribution in [2.45, 2.75) is 24.4 Å². The van der Waals surface area contributed by atoms with Crippen LogP contribution in [0.1, 0.15) is 6.23 Å². The lowest BCUT2D eigenvalue weighted by Gasteiger charge is -2.20. The zero-order valence-electron chi connectivity index (χ0n) is 12.2. The first-order valence-electron chi connectivity index (χ1n) is 6.28. The number of carboxylic acid groups (broad SMARTS) is 1. The molecule has 0 amide bonds. The van der Waals surface area contributed by atoms with Crippen molar-refractivity contribution in [3.05, 3.63) is 22.7 Å². The third kappa shape index (κ3) is 5.26. The molecule has 6 N–H and O–H groups in total. The molecular weight excluding hydrogens is 375 g/mol. The van der Waals surface area contributed by atoms with E-state index in [-0.39, 0.29) is 12.3 Å². The first kappa shape index (κ1) is 21.1. The largest absolute Gasteiger partial charge is 0.483 e. The molecule has 0 saturated carbocycles. The molecule has 1 aliphatic rings. The average molecular weight is 389 g/mol. The van der Waals surface area contributed by atoms with Gasteiger partial charge in [0.15, 0.2) is 6.10 Å². The number of phosphoric acid groups is 1. The lowest BCUT2D eigenvalue weighted by molar-refractivity contribution is -0.140. The molecule has 0 aliphatic carbocycles. The quantitative estimate of drug-likeness (QED) is 0.298. The number of aromatic nitrogens is 2. The fourth-order valence-electron chi connectivity index (χ4n) is 1.88. The summed E-state index contributed by atoms with van der Waals surface area (Å²) in [5.41, 5.74) is 4.10.